The Morgan fingerprint density at radius 1 is 0.917 bits per heavy atom. The summed E-state index contributed by atoms with van der Waals surface area (Å²) in [7, 11) is 0. The van der Waals surface area contributed by atoms with E-state index in [1.807, 2.05) is 0 Å². The minimum absolute atomic E-state index is 1.25. The summed E-state index contributed by atoms with van der Waals surface area (Å²) >= 11 is 0. The predicted molar refractivity (Wildman–Crippen MR) is 54.3 cm³/mol. The summed E-state index contributed by atoms with van der Waals surface area (Å²) in [5.74, 6) is 0. The van der Waals surface area contributed by atoms with Crippen LogP contribution in [0.2, 0.25) is 0 Å². The predicted octanol–water partition coefficient (Wildman–Crippen LogP) is 3.81. The molecule has 1 aromatic carbocycles. The Morgan fingerprint density at radius 3 is 2.33 bits per heavy atom. The van der Waals surface area contributed by atoms with Gasteiger partial charge in [0.1, 0.15) is 0 Å². The Hall–Kier alpha value is -0.780. The maximum atomic E-state index is 2.25. The van der Waals surface area contributed by atoms with Crippen molar-refractivity contribution in [3.63, 3.8) is 0 Å². The second-order valence-electron chi connectivity index (χ2n) is 3.30. The SMILES string of the molecule is CCCCCCc1ccccc1. The molecule has 12 heavy (non-hydrogen) atoms. The molecule has 0 aliphatic carbocycles. The van der Waals surface area contributed by atoms with E-state index in [0.29, 0.717) is 0 Å². The van der Waals surface area contributed by atoms with E-state index in [1.54, 1.807) is 0 Å². The van der Waals surface area contributed by atoms with Crippen molar-refractivity contribution in [2.45, 2.75) is 39.0 Å². The maximum Gasteiger partial charge on any atom is -0.0279 e. The van der Waals surface area contributed by atoms with Crippen molar-refractivity contribution in [2.75, 3.05) is 0 Å². The van der Waals surface area contributed by atoms with Crippen LogP contribution in [0.15, 0.2) is 30.3 Å². The molecule has 1 rings (SSSR count). The van der Waals surface area contributed by atoms with Gasteiger partial charge < -0.3 is 0 Å². The topological polar surface area (TPSA) is 0 Å². The molecule has 0 nitrogen and oxygen atoms in total. The van der Waals surface area contributed by atoms with Crippen molar-refractivity contribution in [3.8, 4) is 0 Å². The van der Waals surface area contributed by atoms with E-state index >= 15 is 0 Å². The molecule has 0 unspecified atom stereocenters. The molecule has 66 valence electrons. The lowest BCUT2D eigenvalue weighted by Crippen LogP contribution is -1.84. The lowest BCUT2D eigenvalue weighted by Gasteiger charge is -1.99. The van der Waals surface area contributed by atoms with Crippen LogP contribution in [-0.4, -0.2) is 0 Å². The van der Waals surface area contributed by atoms with Crippen molar-refractivity contribution >= 4 is 0 Å². The van der Waals surface area contributed by atoms with Crippen LogP contribution in [0.4, 0.5) is 0 Å². The smallest absolute Gasteiger partial charge is 0.0279 e. The van der Waals surface area contributed by atoms with E-state index in [-0.39, 0.29) is 0 Å². The Labute approximate surface area is 75.6 Å². The molecule has 0 bridgehead atoms. The third kappa shape index (κ3) is 3.56. The van der Waals surface area contributed by atoms with Crippen LogP contribution in [0.5, 0.6) is 0 Å². The van der Waals surface area contributed by atoms with Crippen LogP contribution in [0.25, 0.3) is 0 Å². The number of benzene rings is 1. The molecule has 0 heteroatoms. The molecule has 0 N–H and O–H groups in total. The Balaban J connectivity index is 2.16. The summed E-state index contributed by atoms with van der Waals surface area (Å²) < 4.78 is 0. The summed E-state index contributed by atoms with van der Waals surface area (Å²) in [6.07, 6.45) is 6.69. The fourth-order valence-corrected chi connectivity index (χ4v) is 1.40. The first-order chi connectivity index (χ1) is 5.93. The lowest BCUT2D eigenvalue weighted by molar-refractivity contribution is 0.667. The lowest BCUT2D eigenvalue weighted by atomic mass is 10.1. The van der Waals surface area contributed by atoms with Gasteiger partial charge in [0.15, 0.2) is 0 Å². The zero-order valence-corrected chi connectivity index (χ0v) is 7.92. The number of hydrogen-bond donors (Lipinski definition) is 0. The summed E-state index contributed by atoms with van der Waals surface area (Å²) in [6, 6.07) is 10.7. The van der Waals surface area contributed by atoms with Crippen LogP contribution in [0, 0.1) is 0 Å². The molecule has 0 spiro atoms. The highest BCUT2D eigenvalue weighted by Gasteiger charge is 1.90. The average molecular weight is 162 g/mol. The highest BCUT2D eigenvalue weighted by molar-refractivity contribution is 5.14. The first kappa shape index (κ1) is 9.31. The van der Waals surface area contributed by atoms with Gasteiger partial charge in [-0.2, -0.15) is 0 Å². The molecule has 0 aliphatic rings. The van der Waals surface area contributed by atoms with E-state index < -0.39 is 0 Å². The monoisotopic (exact) mass is 162 g/mol. The third-order valence-electron chi connectivity index (χ3n) is 2.16. The van der Waals surface area contributed by atoms with Gasteiger partial charge in [-0.1, -0.05) is 56.5 Å². The van der Waals surface area contributed by atoms with Crippen LogP contribution >= 0.6 is 0 Å². The molecule has 0 fully saturated rings. The average Bonchev–Trinajstić information content (AvgIpc) is 2.14. The maximum absolute atomic E-state index is 2.25. The molecule has 0 aliphatic heterocycles. The van der Waals surface area contributed by atoms with Gasteiger partial charge in [0.05, 0.1) is 0 Å². The minimum atomic E-state index is 1.25. The molecular weight excluding hydrogens is 144 g/mol. The second-order valence-corrected chi connectivity index (χ2v) is 3.30. The van der Waals surface area contributed by atoms with Gasteiger partial charge in [-0.05, 0) is 18.4 Å². The zero-order chi connectivity index (χ0) is 8.65. The Morgan fingerprint density at radius 2 is 1.67 bits per heavy atom. The third-order valence-corrected chi connectivity index (χ3v) is 2.16. The van der Waals surface area contributed by atoms with Gasteiger partial charge in [-0.25, -0.2) is 0 Å². The number of hydrogen-bond acceptors (Lipinski definition) is 0. The van der Waals surface area contributed by atoms with Crippen molar-refractivity contribution in [1.29, 1.82) is 0 Å². The summed E-state index contributed by atoms with van der Waals surface area (Å²) in [5.41, 5.74) is 1.48. The summed E-state index contributed by atoms with van der Waals surface area (Å²) in [5, 5.41) is 0. The van der Waals surface area contributed by atoms with E-state index in [4.69, 9.17) is 0 Å². The van der Waals surface area contributed by atoms with Crippen LogP contribution in [0.3, 0.4) is 0 Å². The largest absolute Gasteiger partial charge is 0.0654 e. The number of aryl methyl sites for hydroxylation is 1. The van der Waals surface area contributed by atoms with Crippen molar-refractivity contribution in [1.82, 2.24) is 0 Å². The van der Waals surface area contributed by atoms with Gasteiger partial charge >= 0.3 is 0 Å². The van der Waals surface area contributed by atoms with Gasteiger partial charge in [0.25, 0.3) is 0 Å². The molecule has 0 atom stereocenters. The molecule has 0 heterocycles. The fourth-order valence-electron chi connectivity index (χ4n) is 1.40. The summed E-state index contributed by atoms with van der Waals surface area (Å²) in [6.45, 7) is 2.25. The molecule has 1 aromatic rings. The second kappa shape index (κ2) is 5.82. The molecule has 0 amide bonds. The number of unbranched alkanes of at least 4 members (excludes halogenated alkanes) is 3. The number of rotatable bonds is 5. The molecular formula is C12H18. The normalized spacial score (nSPS) is 10.1. The van der Waals surface area contributed by atoms with E-state index in [0.717, 1.165) is 0 Å². The van der Waals surface area contributed by atoms with Crippen LogP contribution in [0.1, 0.15) is 38.2 Å². The Kier molecular flexibility index (Phi) is 4.51. The van der Waals surface area contributed by atoms with Crippen LogP contribution < -0.4 is 0 Å². The van der Waals surface area contributed by atoms with Crippen LogP contribution in [-0.2, 0) is 6.42 Å². The minimum Gasteiger partial charge on any atom is -0.0654 e. The highest BCUT2D eigenvalue weighted by Crippen LogP contribution is 2.06. The first-order valence-electron chi connectivity index (χ1n) is 4.97. The summed E-state index contributed by atoms with van der Waals surface area (Å²) in [4.78, 5) is 0. The van der Waals surface area contributed by atoms with E-state index in [2.05, 4.69) is 37.3 Å². The van der Waals surface area contributed by atoms with Gasteiger partial charge in [-0.3, -0.25) is 0 Å². The van der Waals surface area contributed by atoms with Crippen molar-refractivity contribution < 1.29 is 0 Å². The molecule has 0 radical (unpaired) electrons. The molecule has 0 saturated carbocycles. The highest BCUT2D eigenvalue weighted by atomic mass is 14.0. The molecule has 0 saturated heterocycles. The van der Waals surface area contributed by atoms with Gasteiger partial charge in [0, 0.05) is 0 Å². The van der Waals surface area contributed by atoms with Gasteiger partial charge in [-0.15, -0.1) is 0 Å². The molecule has 0 aromatic heterocycles. The quantitative estimate of drug-likeness (QED) is 0.577. The van der Waals surface area contributed by atoms with Gasteiger partial charge in [0.2, 0.25) is 0 Å². The fraction of sp³-hybridized carbons (Fsp3) is 0.500. The first-order valence-corrected chi connectivity index (χ1v) is 4.97. The zero-order valence-electron chi connectivity index (χ0n) is 7.92. The van der Waals surface area contributed by atoms with E-state index in [9.17, 15) is 0 Å². The van der Waals surface area contributed by atoms with Crippen molar-refractivity contribution in [2.24, 2.45) is 0 Å². The van der Waals surface area contributed by atoms with E-state index in [1.165, 1.54) is 37.7 Å². The standard InChI is InChI=1S/C12H18/c1-2-3-4-6-9-12-10-7-5-8-11-12/h5,7-8,10-11H,2-4,6,9H2,1H3. The van der Waals surface area contributed by atoms with Crippen molar-refractivity contribution in [3.05, 3.63) is 35.9 Å². The Bertz CT molecular complexity index is 188.